The summed E-state index contributed by atoms with van der Waals surface area (Å²) in [4.78, 5) is 14.3. The third-order valence-electron chi connectivity index (χ3n) is 4.29. The Bertz CT molecular complexity index is 302. The van der Waals surface area contributed by atoms with Crippen molar-refractivity contribution in [3.63, 3.8) is 0 Å². The van der Waals surface area contributed by atoms with E-state index in [1.807, 2.05) is 0 Å². The molecule has 1 heterocycles. The number of rotatable bonds is 6. The van der Waals surface area contributed by atoms with E-state index in [0.29, 0.717) is 0 Å². The lowest BCUT2D eigenvalue weighted by molar-refractivity contribution is -0.124. The number of ether oxygens (including phenoxy) is 1. The van der Waals surface area contributed by atoms with Crippen LogP contribution in [0.1, 0.15) is 32.1 Å². The number of hydrogen-bond acceptors (Lipinski definition) is 4. The molecule has 2 atom stereocenters. The summed E-state index contributed by atoms with van der Waals surface area (Å²) in [5.41, 5.74) is 5.72. The Morgan fingerprint density at radius 3 is 2.62 bits per heavy atom. The van der Waals surface area contributed by atoms with Crippen LogP contribution in [0.4, 0.5) is 0 Å². The molecule has 2 aliphatic rings. The maximum absolute atomic E-state index is 11.8. The molecule has 1 saturated carbocycles. The maximum atomic E-state index is 11.8. The van der Waals surface area contributed by atoms with Crippen molar-refractivity contribution < 1.29 is 9.53 Å². The highest BCUT2D eigenvalue weighted by Gasteiger charge is 2.27. The molecule has 2 fully saturated rings. The Kier molecular flexibility index (Phi) is 10.6. The molecule has 126 valence electrons. The number of hydrogen-bond donors (Lipinski definition) is 2. The van der Waals surface area contributed by atoms with Gasteiger partial charge in [0.15, 0.2) is 0 Å². The van der Waals surface area contributed by atoms with E-state index < -0.39 is 6.04 Å². The zero-order valence-electron chi connectivity index (χ0n) is 12.8. The highest BCUT2D eigenvalue weighted by atomic mass is 35.5. The van der Waals surface area contributed by atoms with Crippen molar-refractivity contribution in [1.82, 2.24) is 10.2 Å². The van der Waals surface area contributed by atoms with Crippen LogP contribution in [-0.2, 0) is 9.53 Å². The predicted molar refractivity (Wildman–Crippen MR) is 89.3 cm³/mol. The molecule has 0 spiro atoms. The quantitative estimate of drug-likeness (QED) is 0.761. The zero-order valence-corrected chi connectivity index (χ0v) is 14.4. The summed E-state index contributed by atoms with van der Waals surface area (Å²) in [5, 5.41) is 3.03. The number of amides is 1. The van der Waals surface area contributed by atoms with E-state index in [1.54, 1.807) is 7.11 Å². The summed E-state index contributed by atoms with van der Waals surface area (Å²) in [5.74, 6) is 0.791. The number of nitrogens with zero attached hydrogens (tertiary/aromatic N) is 1. The molecule has 0 radical (unpaired) electrons. The van der Waals surface area contributed by atoms with Gasteiger partial charge in [-0.05, 0) is 25.2 Å². The summed E-state index contributed by atoms with van der Waals surface area (Å²) in [6.07, 6.45) is 6.59. The fraction of sp³-hybridized carbons (Fsp3) is 0.929. The lowest BCUT2D eigenvalue weighted by Crippen LogP contribution is -2.48. The van der Waals surface area contributed by atoms with Gasteiger partial charge in [0.2, 0.25) is 5.91 Å². The minimum Gasteiger partial charge on any atom is -0.383 e. The second-order valence-corrected chi connectivity index (χ2v) is 5.97. The first kappa shape index (κ1) is 20.9. The van der Waals surface area contributed by atoms with E-state index in [0.717, 1.165) is 25.4 Å². The fourth-order valence-corrected chi connectivity index (χ4v) is 3.24. The van der Waals surface area contributed by atoms with Crippen LogP contribution in [0, 0.1) is 5.92 Å². The minimum absolute atomic E-state index is 0. The normalized spacial score (nSPS) is 24.2. The van der Waals surface area contributed by atoms with Gasteiger partial charge in [0.25, 0.3) is 0 Å². The van der Waals surface area contributed by atoms with Crippen LogP contribution in [0.15, 0.2) is 0 Å². The zero-order chi connectivity index (χ0) is 13.7. The molecule has 1 amide bonds. The van der Waals surface area contributed by atoms with E-state index in [9.17, 15) is 4.79 Å². The van der Waals surface area contributed by atoms with Crippen molar-refractivity contribution in [1.29, 1.82) is 0 Å². The van der Waals surface area contributed by atoms with Crippen molar-refractivity contribution in [2.75, 3.05) is 33.4 Å². The average molecular weight is 342 g/mol. The van der Waals surface area contributed by atoms with E-state index in [-0.39, 0.29) is 43.4 Å². The van der Waals surface area contributed by atoms with Crippen LogP contribution in [-0.4, -0.2) is 56.2 Å². The van der Waals surface area contributed by atoms with Crippen molar-refractivity contribution in [3.05, 3.63) is 0 Å². The van der Waals surface area contributed by atoms with Gasteiger partial charge in [-0.25, -0.2) is 0 Å². The van der Waals surface area contributed by atoms with Crippen molar-refractivity contribution in [2.24, 2.45) is 11.7 Å². The molecule has 7 heteroatoms. The lowest BCUT2D eigenvalue weighted by atomic mass is 10.1. The summed E-state index contributed by atoms with van der Waals surface area (Å²) < 4.78 is 4.90. The first-order valence-corrected chi connectivity index (χ1v) is 7.46. The van der Waals surface area contributed by atoms with Crippen LogP contribution in [0.25, 0.3) is 0 Å². The van der Waals surface area contributed by atoms with Crippen molar-refractivity contribution in [3.8, 4) is 0 Å². The van der Waals surface area contributed by atoms with E-state index in [4.69, 9.17) is 10.5 Å². The molecule has 3 N–H and O–H groups in total. The molecule has 0 aromatic heterocycles. The molecule has 2 rings (SSSR count). The topological polar surface area (TPSA) is 67.6 Å². The molecule has 0 aromatic rings. The van der Waals surface area contributed by atoms with Gasteiger partial charge in [-0.3, -0.25) is 4.79 Å². The second-order valence-electron chi connectivity index (χ2n) is 5.97. The first-order valence-electron chi connectivity index (χ1n) is 7.46. The Morgan fingerprint density at radius 2 is 2.00 bits per heavy atom. The highest BCUT2D eigenvalue weighted by Crippen LogP contribution is 2.26. The number of nitrogens with two attached hydrogens (primary N) is 1. The molecule has 5 nitrogen and oxygen atoms in total. The molecule has 2 unspecified atom stereocenters. The molecular weight excluding hydrogens is 313 g/mol. The Labute approximate surface area is 140 Å². The Morgan fingerprint density at radius 1 is 1.33 bits per heavy atom. The molecule has 1 saturated heterocycles. The van der Waals surface area contributed by atoms with Gasteiger partial charge in [0.1, 0.15) is 6.04 Å². The predicted octanol–water partition coefficient (Wildman–Crippen LogP) is 1.18. The van der Waals surface area contributed by atoms with Crippen LogP contribution < -0.4 is 11.1 Å². The Balaban J connectivity index is 0.00000200. The summed E-state index contributed by atoms with van der Waals surface area (Å²) in [7, 11) is 1.56. The van der Waals surface area contributed by atoms with Crippen LogP contribution in [0.3, 0.4) is 0 Å². The second kappa shape index (κ2) is 10.6. The standard InChI is InChI=1S/C14H27N3O2.2ClH/c1-19-10-13(15)14(18)16-12-6-7-17(9-12)8-11-4-2-3-5-11;;/h11-13H,2-10,15H2,1H3,(H,16,18);2*1H. The van der Waals surface area contributed by atoms with Gasteiger partial charge in [-0.1, -0.05) is 12.8 Å². The van der Waals surface area contributed by atoms with Gasteiger partial charge >= 0.3 is 0 Å². The SMILES string of the molecule is COCC(N)C(=O)NC1CCN(CC2CCCC2)C1.Cl.Cl. The van der Waals surface area contributed by atoms with Gasteiger partial charge in [0.05, 0.1) is 6.61 Å². The fourth-order valence-electron chi connectivity index (χ4n) is 3.24. The maximum Gasteiger partial charge on any atom is 0.239 e. The number of halogens is 2. The number of carbonyl (C=O) groups excluding carboxylic acids is 1. The third-order valence-corrected chi connectivity index (χ3v) is 4.29. The summed E-state index contributed by atoms with van der Waals surface area (Å²) in [6.45, 7) is 3.56. The van der Waals surface area contributed by atoms with E-state index in [1.165, 1.54) is 32.2 Å². The highest BCUT2D eigenvalue weighted by molar-refractivity contribution is 5.85. The molecule has 1 aliphatic carbocycles. The number of methoxy groups -OCH3 is 1. The average Bonchev–Trinajstić information content (AvgIpc) is 3.02. The smallest absolute Gasteiger partial charge is 0.239 e. The van der Waals surface area contributed by atoms with E-state index in [2.05, 4.69) is 10.2 Å². The largest absolute Gasteiger partial charge is 0.383 e. The summed E-state index contributed by atoms with van der Waals surface area (Å²) >= 11 is 0. The Hall–Kier alpha value is -0.0700. The minimum atomic E-state index is -0.547. The molecule has 21 heavy (non-hydrogen) atoms. The van der Waals surface area contributed by atoms with Crippen LogP contribution in [0.5, 0.6) is 0 Å². The third kappa shape index (κ3) is 6.70. The molecule has 0 bridgehead atoms. The van der Waals surface area contributed by atoms with Crippen molar-refractivity contribution in [2.45, 2.75) is 44.2 Å². The first-order chi connectivity index (χ1) is 9.19. The lowest BCUT2D eigenvalue weighted by Gasteiger charge is -2.21. The van der Waals surface area contributed by atoms with E-state index >= 15 is 0 Å². The van der Waals surface area contributed by atoms with Gasteiger partial charge < -0.3 is 20.7 Å². The molecule has 0 aromatic carbocycles. The monoisotopic (exact) mass is 341 g/mol. The number of likely N-dealkylation sites (tertiary alicyclic amines) is 1. The summed E-state index contributed by atoms with van der Waals surface area (Å²) in [6, 6.07) is -0.286. The number of carbonyl (C=O) groups is 1. The van der Waals surface area contributed by atoms with Crippen molar-refractivity contribution >= 4 is 30.7 Å². The van der Waals surface area contributed by atoms with Gasteiger partial charge in [0, 0.05) is 32.8 Å². The molecule has 1 aliphatic heterocycles. The van der Waals surface area contributed by atoms with Crippen LogP contribution >= 0.6 is 24.8 Å². The van der Waals surface area contributed by atoms with Gasteiger partial charge in [-0.2, -0.15) is 0 Å². The van der Waals surface area contributed by atoms with Gasteiger partial charge in [-0.15, -0.1) is 24.8 Å². The number of nitrogens with one attached hydrogen (secondary N) is 1. The molecular formula is C14H29Cl2N3O2. The van der Waals surface area contributed by atoms with Crippen LogP contribution in [0.2, 0.25) is 0 Å².